The van der Waals surface area contributed by atoms with Crippen molar-refractivity contribution >= 4 is 17.5 Å². The molecule has 0 spiro atoms. The van der Waals surface area contributed by atoms with Crippen LogP contribution in [-0.4, -0.2) is 67.8 Å². The third-order valence-corrected chi connectivity index (χ3v) is 5.77. The SMILES string of the molecule is CC(C)c1nccn1Cc1cccc(NC(=O)C(=O)N2CCN(C)C(c3ncc[nH]3)C2)c1. The highest BCUT2D eigenvalue weighted by Crippen LogP contribution is 2.21. The highest BCUT2D eigenvalue weighted by Gasteiger charge is 2.32. The van der Waals surface area contributed by atoms with E-state index in [1.807, 2.05) is 31.4 Å². The Balaban J connectivity index is 1.41. The van der Waals surface area contributed by atoms with E-state index in [0.717, 1.165) is 17.2 Å². The van der Waals surface area contributed by atoms with Gasteiger partial charge in [-0.1, -0.05) is 26.0 Å². The number of rotatable bonds is 5. The fourth-order valence-corrected chi connectivity index (χ4v) is 4.04. The minimum Gasteiger partial charge on any atom is -0.347 e. The van der Waals surface area contributed by atoms with Crippen LogP contribution in [0.3, 0.4) is 0 Å². The first-order valence-corrected chi connectivity index (χ1v) is 10.8. The number of hydrogen-bond acceptors (Lipinski definition) is 5. The molecule has 1 aliphatic rings. The number of carbonyl (C=O) groups excluding carboxylic acids is 2. The van der Waals surface area contributed by atoms with E-state index in [4.69, 9.17) is 0 Å². The molecule has 168 valence electrons. The van der Waals surface area contributed by atoms with Crippen molar-refractivity contribution in [1.82, 2.24) is 29.3 Å². The van der Waals surface area contributed by atoms with E-state index >= 15 is 0 Å². The van der Waals surface area contributed by atoms with Crippen LogP contribution >= 0.6 is 0 Å². The fourth-order valence-electron chi connectivity index (χ4n) is 4.04. The van der Waals surface area contributed by atoms with Crippen LogP contribution in [0.25, 0.3) is 0 Å². The Morgan fingerprint density at radius 2 is 2.06 bits per heavy atom. The molecule has 1 aliphatic heterocycles. The van der Waals surface area contributed by atoms with Gasteiger partial charge in [-0.15, -0.1) is 0 Å². The van der Waals surface area contributed by atoms with E-state index in [2.05, 4.69) is 43.6 Å². The van der Waals surface area contributed by atoms with Gasteiger partial charge in [0.25, 0.3) is 0 Å². The fraction of sp³-hybridized carbons (Fsp3) is 0.391. The van der Waals surface area contributed by atoms with E-state index in [9.17, 15) is 9.59 Å². The molecule has 32 heavy (non-hydrogen) atoms. The summed E-state index contributed by atoms with van der Waals surface area (Å²) < 4.78 is 2.09. The Morgan fingerprint density at radius 1 is 1.22 bits per heavy atom. The van der Waals surface area contributed by atoms with E-state index < -0.39 is 11.8 Å². The number of aromatic amines is 1. The van der Waals surface area contributed by atoms with E-state index in [1.54, 1.807) is 29.6 Å². The summed E-state index contributed by atoms with van der Waals surface area (Å²) in [6.45, 7) is 6.44. The normalized spacial score (nSPS) is 17.0. The van der Waals surface area contributed by atoms with Crippen molar-refractivity contribution in [3.8, 4) is 0 Å². The number of H-pyrrole nitrogens is 1. The quantitative estimate of drug-likeness (QED) is 0.599. The number of benzene rings is 1. The lowest BCUT2D eigenvalue weighted by atomic mass is 10.1. The molecule has 3 aromatic rings. The van der Waals surface area contributed by atoms with Gasteiger partial charge in [0.15, 0.2) is 0 Å². The number of piperazine rings is 1. The molecule has 2 N–H and O–H groups in total. The lowest BCUT2D eigenvalue weighted by Gasteiger charge is -2.38. The minimum atomic E-state index is -0.629. The van der Waals surface area contributed by atoms with Crippen LogP contribution < -0.4 is 5.32 Å². The maximum absolute atomic E-state index is 12.8. The molecular formula is C23H29N7O2. The summed E-state index contributed by atoms with van der Waals surface area (Å²) in [6.07, 6.45) is 7.20. The van der Waals surface area contributed by atoms with Crippen molar-refractivity contribution in [3.05, 3.63) is 66.3 Å². The third-order valence-electron chi connectivity index (χ3n) is 5.77. The zero-order chi connectivity index (χ0) is 22.7. The van der Waals surface area contributed by atoms with Crippen molar-refractivity contribution in [3.63, 3.8) is 0 Å². The molecule has 1 saturated heterocycles. The van der Waals surface area contributed by atoms with Crippen LogP contribution in [0.1, 0.15) is 43.0 Å². The van der Waals surface area contributed by atoms with Crippen LogP contribution in [-0.2, 0) is 16.1 Å². The van der Waals surface area contributed by atoms with Gasteiger partial charge in [-0.3, -0.25) is 14.5 Å². The highest BCUT2D eigenvalue weighted by molar-refractivity contribution is 6.39. The molecule has 2 amide bonds. The van der Waals surface area contributed by atoms with Gasteiger partial charge in [0, 0.05) is 62.6 Å². The number of likely N-dealkylation sites (N-methyl/N-ethyl adjacent to an activating group) is 1. The predicted octanol–water partition coefficient (Wildman–Crippen LogP) is 2.23. The minimum absolute atomic E-state index is 0.0656. The van der Waals surface area contributed by atoms with Gasteiger partial charge in [-0.2, -0.15) is 0 Å². The Labute approximate surface area is 187 Å². The molecule has 1 unspecified atom stereocenters. The Bertz CT molecular complexity index is 1070. The van der Waals surface area contributed by atoms with Crippen LogP contribution in [0.4, 0.5) is 5.69 Å². The number of nitrogens with one attached hydrogen (secondary N) is 2. The van der Waals surface area contributed by atoms with Crippen LogP contribution in [0.15, 0.2) is 49.1 Å². The van der Waals surface area contributed by atoms with Crippen molar-refractivity contribution in [1.29, 1.82) is 0 Å². The monoisotopic (exact) mass is 435 g/mol. The van der Waals surface area contributed by atoms with Crippen LogP contribution in [0.5, 0.6) is 0 Å². The molecule has 1 atom stereocenters. The Kier molecular flexibility index (Phi) is 6.36. The first-order valence-electron chi connectivity index (χ1n) is 10.8. The highest BCUT2D eigenvalue weighted by atomic mass is 16.2. The lowest BCUT2D eigenvalue weighted by molar-refractivity contribution is -0.145. The molecule has 0 saturated carbocycles. The smallest absolute Gasteiger partial charge is 0.313 e. The number of anilines is 1. The van der Waals surface area contributed by atoms with E-state index in [0.29, 0.717) is 37.8 Å². The molecule has 0 aliphatic carbocycles. The van der Waals surface area contributed by atoms with Crippen molar-refractivity contribution in [2.75, 3.05) is 32.0 Å². The number of nitrogens with zero attached hydrogens (tertiary/aromatic N) is 5. The van der Waals surface area contributed by atoms with Gasteiger partial charge in [-0.05, 0) is 24.7 Å². The summed E-state index contributed by atoms with van der Waals surface area (Å²) in [5, 5.41) is 2.77. The number of carbonyl (C=O) groups is 2. The molecule has 9 heteroatoms. The largest absolute Gasteiger partial charge is 0.347 e. The topological polar surface area (TPSA) is 99.2 Å². The first kappa shape index (κ1) is 21.8. The van der Waals surface area contributed by atoms with Gasteiger partial charge in [0.2, 0.25) is 0 Å². The average molecular weight is 436 g/mol. The molecule has 2 aromatic heterocycles. The van der Waals surface area contributed by atoms with E-state index in [-0.39, 0.29) is 6.04 Å². The number of imidazole rings is 2. The summed E-state index contributed by atoms with van der Waals surface area (Å²) in [5.74, 6) is 0.959. The molecule has 0 bridgehead atoms. The second-order valence-corrected chi connectivity index (χ2v) is 8.44. The summed E-state index contributed by atoms with van der Waals surface area (Å²) in [5.41, 5.74) is 1.62. The number of aromatic nitrogens is 4. The molecule has 0 radical (unpaired) electrons. The van der Waals surface area contributed by atoms with Crippen LogP contribution in [0.2, 0.25) is 0 Å². The van der Waals surface area contributed by atoms with Gasteiger partial charge >= 0.3 is 11.8 Å². The second kappa shape index (κ2) is 9.35. The van der Waals surface area contributed by atoms with Gasteiger partial charge < -0.3 is 19.8 Å². The molecule has 3 heterocycles. The Morgan fingerprint density at radius 3 is 2.81 bits per heavy atom. The molecule has 1 aromatic carbocycles. The maximum atomic E-state index is 12.8. The number of amides is 2. The number of hydrogen-bond donors (Lipinski definition) is 2. The third kappa shape index (κ3) is 4.72. The summed E-state index contributed by atoms with van der Waals surface area (Å²) in [4.78, 5) is 41.1. The molecule has 1 fully saturated rings. The predicted molar refractivity (Wildman–Crippen MR) is 121 cm³/mol. The van der Waals surface area contributed by atoms with Crippen molar-refractivity contribution in [2.45, 2.75) is 32.4 Å². The Hall–Kier alpha value is -3.46. The average Bonchev–Trinajstić information content (AvgIpc) is 3.46. The van der Waals surface area contributed by atoms with Gasteiger partial charge in [0.05, 0.1) is 6.04 Å². The molecule has 4 rings (SSSR count). The van der Waals surface area contributed by atoms with E-state index in [1.165, 1.54) is 0 Å². The zero-order valence-electron chi connectivity index (χ0n) is 18.7. The second-order valence-electron chi connectivity index (χ2n) is 8.44. The molecular weight excluding hydrogens is 406 g/mol. The standard InChI is InChI=1S/C23H29N7O2/c1-16(2)21-26-9-10-29(21)14-17-5-4-6-18(13-17)27-22(31)23(32)30-12-11-28(3)19(15-30)20-24-7-8-25-20/h4-10,13,16,19H,11-12,14-15H2,1-3H3,(H,24,25)(H,27,31). The molecule has 9 nitrogen and oxygen atoms in total. The van der Waals surface area contributed by atoms with Gasteiger partial charge in [-0.25, -0.2) is 9.97 Å². The summed E-state index contributed by atoms with van der Waals surface area (Å²) in [7, 11) is 1.99. The zero-order valence-corrected chi connectivity index (χ0v) is 18.7. The first-order chi connectivity index (χ1) is 15.4. The van der Waals surface area contributed by atoms with Gasteiger partial charge in [0.1, 0.15) is 11.6 Å². The van der Waals surface area contributed by atoms with Crippen molar-refractivity contribution < 1.29 is 9.59 Å². The summed E-state index contributed by atoms with van der Waals surface area (Å²) in [6, 6.07) is 7.50. The summed E-state index contributed by atoms with van der Waals surface area (Å²) >= 11 is 0. The van der Waals surface area contributed by atoms with Crippen molar-refractivity contribution in [2.24, 2.45) is 0 Å². The lowest BCUT2D eigenvalue weighted by Crippen LogP contribution is -2.52. The van der Waals surface area contributed by atoms with Crippen LogP contribution in [0, 0.1) is 0 Å². The maximum Gasteiger partial charge on any atom is 0.313 e.